The molecule has 0 saturated carbocycles. The zero-order valence-electron chi connectivity index (χ0n) is 16.6. The molecule has 2 aromatic rings. The lowest BCUT2D eigenvalue weighted by Crippen LogP contribution is -2.64. The van der Waals surface area contributed by atoms with Crippen molar-refractivity contribution in [2.75, 3.05) is 18.5 Å². The van der Waals surface area contributed by atoms with Crippen LogP contribution in [0.1, 0.15) is 30.4 Å². The van der Waals surface area contributed by atoms with Gasteiger partial charge in [0.2, 0.25) is 11.8 Å². The predicted molar refractivity (Wildman–Crippen MR) is 105 cm³/mol. The number of alkyl halides is 3. The molecule has 2 amide bonds. The molecule has 1 saturated heterocycles. The van der Waals surface area contributed by atoms with Gasteiger partial charge in [-0.15, -0.1) is 0 Å². The maximum absolute atomic E-state index is 13.3. The molecule has 9 heteroatoms. The quantitative estimate of drug-likeness (QED) is 0.724. The van der Waals surface area contributed by atoms with E-state index in [0.717, 1.165) is 12.1 Å². The Labute approximate surface area is 176 Å². The van der Waals surface area contributed by atoms with Crippen molar-refractivity contribution in [2.45, 2.75) is 31.2 Å². The zero-order chi connectivity index (χ0) is 22.4. The van der Waals surface area contributed by atoms with Crippen molar-refractivity contribution in [3.05, 3.63) is 59.7 Å². The lowest BCUT2D eigenvalue weighted by Gasteiger charge is -2.52. The Bertz CT molecular complexity index is 1030. The first-order valence-corrected chi connectivity index (χ1v) is 9.82. The molecule has 2 heterocycles. The number of ether oxygens (including phenoxy) is 1. The van der Waals surface area contributed by atoms with Crippen molar-refractivity contribution >= 4 is 17.5 Å². The number of aliphatic hydroxyl groups is 1. The van der Waals surface area contributed by atoms with E-state index in [4.69, 9.17) is 4.74 Å². The fourth-order valence-corrected chi connectivity index (χ4v) is 4.45. The minimum atomic E-state index is -4.55. The van der Waals surface area contributed by atoms with Crippen LogP contribution < -0.4 is 10.1 Å². The van der Waals surface area contributed by atoms with E-state index in [2.05, 4.69) is 5.32 Å². The summed E-state index contributed by atoms with van der Waals surface area (Å²) in [5.41, 5.74) is -1.28. The van der Waals surface area contributed by atoms with Crippen LogP contribution in [0.3, 0.4) is 0 Å². The van der Waals surface area contributed by atoms with Gasteiger partial charge in [-0.3, -0.25) is 9.59 Å². The van der Waals surface area contributed by atoms with Gasteiger partial charge in [-0.1, -0.05) is 24.3 Å². The van der Waals surface area contributed by atoms with Gasteiger partial charge in [0.15, 0.2) is 5.72 Å². The van der Waals surface area contributed by atoms with Gasteiger partial charge in [0.25, 0.3) is 0 Å². The van der Waals surface area contributed by atoms with Crippen LogP contribution in [0.15, 0.2) is 48.5 Å². The van der Waals surface area contributed by atoms with Crippen molar-refractivity contribution in [2.24, 2.45) is 5.92 Å². The van der Waals surface area contributed by atoms with E-state index >= 15 is 0 Å². The number of aliphatic hydroxyl groups excluding tert-OH is 1. The van der Waals surface area contributed by atoms with Crippen molar-refractivity contribution < 1.29 is 32.6 Å². The van der Waals surface area contributed by atoms with E-state index in [9.17, 15) is 27.9 Å². The monoisotopic (exact) mass is 434 g/mol. The highest BCUT2D eigenvalue weighted by molar-refractivity contribution is 6.08. The van der Waals surface area contributed by atoms with Gasteiger partial charge in [0, 0.05) is 24.6 Å². The van der Waals surface area contributed by atoms with Crippen LogP contribution in [0.5, 0.6) is 5.75 Å². The van der Waals surface area contributed by atoms with Gasteiger partial charge in [0.05, 0.1) is 12.2 Å². The molecule has 164 valence electrons. The van der Waals surface area contributed by atoms with Crippen LogP contribution in [0, 0.1) is 5.92 Å². The maximum atomic E-state index is 13.3. The number of piperidine rings is 1. The molecule has 2 aliphatic heterocycles. The molecule has 0 aliphatic carbocycles. The number of nitrogens with one attached hydrogen (secondary N) is 1. The third-order valence-corrected chi connectivity index (χ3v) is 5.82. The Morgan fingerprint density at radius 3 is 2.71 bits per heavy atom. The fraction of sp³-hybridized carbons (Fsp3) is 0.364. The van der Waals surface area contributed by atoms with Gasteiger partial charge < -0.3 is 20.1 Å². The van der Waals surface area contributed by atoms with Crippen LogP contribution in [0.25, 0.3) is 0 Å². The normalized spacial score (nSPS) is 24.9. The molecule has 0 spiro atoms. The Kier molecular flexibility index (Phi) is 5.17. The lowest BCUT2D eigenvalue weighted by atomic mass is 9.73. The number of rotatable bonds is 4. The lowest BCUT2D eigenvalue weighted by molar-refractivity contribution is -0.176. The average Bonchev–Trinajstić information content (AvgIpc) is 2.70. The Hall–Kier alpha value is -3.07. The summed E-state index contributed by atoms with van der Waals surface area (Å²) in [6.07, 6.45) is -4.24. The van der Waals surface area contributed by atoms with Crippen LogP contribution in [-0.2, 0) is 15.8 Å². The predicted octanol–water partition coefficient (Wildman–Crippen LogP) is 3.38. The first kappa shape index (κ1) is 21.2. The highest BCUT2D eigenvalue weighted by Crippen LogP contribution is 2.50. The van der Waals surface area contributed by atoms with Crippen molar-refractivity contribution in [3.8, 4) is 5.75 Å². The number of anilines is 1. The number of para-hydroxylation sites is 1. The smallest absolute Gasteiger partial charge is 0.416 e. The second-order valence-corrected chi connectivity index (χ2v) is 7.88. The summed E-state index contributed by atoms with van der Waals surface area (Å²) < 4.78 is 45.1. The molecule has 3 atom stereocenters. The van der Waals surface area contributed by atoms with Crippen LogP contribution >= 0.6 is 0 Å². The molecule has 2 aliphatic rings. The largest absolute Gasteiger partial charge is 0.468 e. The van der Waals surface area contributed by atoms with Crippen molar-refractivity contribution in [3.63, 3.8) is 0 Å². The number of carbonyl (C=O) groups is 2. The molecule has 2 aromatic carbocycles. The number of likely N-dealkylation sites (tertiary alicyclic amines) is 1. The topological polar surface area (TPSA) is 78.9 Å². The minimum Gasteiger partial charge on any atom is -0.468 e. The molecule has 4 rings (SSSR count). The van der Waals surface area contributed by atoms with Crippen molar-refractivity contribution in [1.29, 1.82) is 0 Å². The van der Waals surface area contributed by atoms with Gasteiger partial charge in [0.1, 0.15) is 11.7 Å². The number of halogens is 3. The summed E-state index contributed by atoms with van der Waals surface area (Å²) in [6, 6.07) is 11.3. The summed E-state index contributed by atoms with van der Waals surface area (Å²) in [6.45, 7) is 1.38. The third kappa shape index (κ3) is 3.74. The Morgan fingerprint density at radius 2 is 2.00 bits per heavy atom. The second-order valence-electron chi connectivity index (χ2n) is 7.88. The van der Waals surface area contributed by atoms with E-state index in [1.54, 1.807) is 31.2 Å². The number of fused-ring (bicyclic) bond motifs is 4. The highest BCUT2D eigenvalue weighted by Gasteiger charge is 2.55. The minimum absolute atomic E-state index is 0.0302. The number of benzene rings is 2. The average molecular weight is 434 g/mol. The maximum Gasteiger partial charge on any atom is 0.416 e. The second kappa shape index (κ2) is 7.56. The Morgan fingerprint density at radius 1 is 1.26 bits per heavy atom. The van der Waals surface area contributed by atoms with E-state index < -0.39 is 41.1 Å². The number of nitrogens with zero attached hydrogens (tertiary/aromatic N) is 1. The number of hydrogen-bond acceptors (Lipinski definition) is 4. The summed E-state index contributed by atoms with van der Waals surface area (Å²) in [4.78, 5) is 27.8. The highest BCUT2D eigenvalue weighted by atomic mass is 19.4. The number of amides is 2. The molecule has 2 N–H and O–H groups in total. The van der Waals surface area contributed by atoms with Gasteiger partial charge in [-0.05, 0) is 36.8 Å². The molecule has 1 fully saturated rings. The molecule has 2 bridgehead atoms. The third-order valence-electron chi connectivity index (χ3n) is 5.82. The SMILES string of the molecule is C[C@]12C[C@H](c3ccccc3O1)[C@H](C(=O)Nc1cccc(C(F)(F)F)c1)C(=O)N2CCO. The molecule has 0 aromatic heterocycles. The van der Waals surface area contributed by atoms with Gasteiger partial charge in [-0.25, -0.2) is 0 Å². The molecule has 6 nitrogen and oxygen atoms in total. The number of carbonyl (C=O) groups excluding carboxylic acids is 2. The molecule has 31 heavy (non-hydrogen) atoms. The molecule has 0 radical (unpaired) electrons. The first-order valence-electron chi connectivity index (χ1n) is 9.82. The van der Waals surface area contributed by atoms with E-state index in [1.807, 2.05) is 0 Å². The standard InChI is InChI=1S/C22H21F3N2O4/c1-21-12-16(15-7-2-3-8-17(15)31-21)18(20(30)27(21)9-10-28)19(29)26-14-6-4-5-13(11-14)22(23,24)25/h2-8,11,16,18,28H,9-10,12H2,1H3,(H,26,29)/t16-,18-,21-/m1/s1. The zero-order valence-corrected chi connectivity index (χ0v) is 16.6. The van der Waals surface area contributed by atoms with E-state index in [-0.39, 0.29) is 18.8 Å². The summed E-state index contributed by atoms with van der Waals surface area (Å²) in [5, 5.41) is 11.9. The Balaban J connectivity index is 1.70. The van der Waals surface area contributed by atoms with E-state index in [1.165, 1.54) is 17.0 Å². The van der Waals surface area contributed by atoms with Crippen LogP contribution in [-0.4, -0.2) is 40.7 Å². The van der Waals surface area contributed by atoms with Gasteiger partial charge in [-0.2, -0.15) is 13.2 Å². The summed E-state index contributed by atoms with van der Waals surface area (Å²) in [5.74, 6) is -2.38. The molecular weight excluding hydrogens is 413 g/mol. The number of hydrogen-bond donors (Lipinski definition) is 2. The number of β-amino-alcohol motifs (C(OH)–C–C–N with tert-alkyl or cyclic N) is 1. The summed E-state index contributed by atoms with van der Waals surface area (Å²) >= 11 is 0. The fourth-order valence-electron chi connectivity index (χ4n) is 4.45. The first-order chi connectivity index (χ1) is 14.6. The van der Waals surface area contributed by atoms with Gasteiger partial charge >= 0.3 is 6.18 Å². The summed E-state index contributed by atoms with van der Waals surface area (Å²) in [7, 11) is 0. The van der Waals surface area contributed by atoms with Crippen LogP contribution in [0.4, 0.5) is 18.9 Å². The van der Waals surface area contributed by atoms with Crippen LogP contribution in [0.2, 0.25) is 0 Å². The van der Waals surface area contributed by atoms with Crippen molar-refractivity contribution in [1.82, 2.24) is 4.90 Å². The molecular formula is C22H21F3N2O4. The van der Waals surface area contributed by atoms with E-state index in [0.29, 0.717) is 17.7 Å². The molecule has 0 unspecified atom stereocenters.